The smallest absolute Gasteiger partial charge is 0.225 e. The molecule has 0 unspecified atom stereocenters. The highest BCUT2D eigenvalue weighted by Crippen LogP contribution is 2.35. The third-order valence-electron chi connectivity index (χ3n) is 5.39. The second kappa shape index (κ2) is 6.87. The van der Waals surface area contributed by atoms with Gasteiger partial charge >= 0.3 is 0 Å². The number of anilines is 2. The summed E-state index contributed by atoms with van der Waals surface area (Å²) in [6, 6.07) is 6.66. The Balaban J connectivity index is 1.61. The van der Waals surface area contributed by atoms with Crippen LogP contribution in [0.5, 0.6) is 0 Å². The van der Waals surface area contributed by atoms with Crippen LogP contribution >= 0.6 is 15.9 Å². The van der Waals surface area contributed by atoms with Gasteiger partial charge < -0.3 is 10.6 Å². The van der Waals surface area contributed by atoms with Crippen LogP contribution in [0.4, 0.5) is 11.8 Å². The van der Waals surface area contributed by atoms with E-state index in [1.807, 2.05) is 12.1 Å². The summed E-state index contributed by atoms with van der Waals surface area (Å²) in [5, 5.41) is 8.20. The monoisotopic (exact) mass is 388 g/mol. The first-order valence-corrected chi connectivity index (χ1v) is 9.96. The summed E-state index contributed by atoms with van der Waals surface area (Å²) in [6.45, 7) is 3.24. The summed E-state index contributed by atoms with van der Waals surface area (Å²) in [7, 11) is 0. The van der Waals surface area contributed by atoms with E-state index in [4.69, 9.17) is 9.97 Å². The van der Waals surface area contributed by atoms with Crippen molar-refractivity contribution < 1.29 is 0 Å². The lowest BCUT2D eigenvalue weighted by molar-refractivity contribution is 0.578. The minimum atomic E-state index is 0.463. The fourth-order valence-electron chi connectivity index (χ4n) is 3.69. The summed E-state index contributed by atoms with van der Waals surface area (Å²) in [4.78, 5) is 9.55. The van der Waals surface area contributed by atoms with Crippen LogP contribution in [0, 0.1) is 11.8 Å². The van der Waals surface area contributed by atoms with Gasteiger partial charge in [-0.2, -0.15) is 4.98 Å². The third-order valence-corrected chi connectivity index (χ3v) is 6.03. The van der Waals surface area contributed by atoms with Gasteiger partial charge in [-0.3, -0.25) is 0 Å². The maximum absolute atomic E-state index is 4.80. The number of benzene rings is 1. The quantitative estimate of drug-likeness (QED) is 0.713. The Morgan fingerprint density at radius 2 is 1.96 bits per heavy atom. The van der Waals surface area contributed by atoms with Crippen molar-refractivity contribution in [2.75, 3.05) is 17.2 Å². The molecule has 0 radical (unpaired) electrons. The number of hydrogen-bond donors (Lipinski definition) is 2. The largest absolute Gasteiger partial charge is 0.367 e. The van der Waals surface area contributed by atoms with E-state index in [1.54, 1.807) is 0 Å². The maximum Gasteiger partial charge on any atom is 0.225 e. The predicted octanol–water partition coefficient (Wildman–Crippen LogP) is 5.20. The number of rotatable bonds is 6. The van der Waals surface area contributed by atoms with E-state index < -0.39 is 0 Å². The lowest BCUT2D eigenvalue weighted by atomic mass is 10.1. The van der Waals surface area contributed by atoms with Gasteiger partial charge in [0.25, 0.3) is 0 Å². The van der Waals surface area contributed by atoms with E-state index in [9.17, 15) is 0 Å². The van der Waals surface area contributed by atoms with Crippen LogP contribution in [-0.2, 0) is 0 Å². The van der Waals surface area contributed by atoms with Gasteiger partial charge in [-0.25, -0.2) is 4.98 Å². The first-order chi connectivity index (χ1) is 11.7. The standard InChI is InChI=1S/C19H25BrN4/c1-12(14-9-10-14)22-18-15-7-4-8-16(20)17(15)23-19(24-18)21-11-13-5-2-3-6-13/h4,7-8,12-14H,2-3,5-6,9-11H2,1H3,(H2,21,22,23,24)/t12-/m1/s1. The molecule has 0 aliphatic heterocycles. The van der Waals surface area contributed by atoms with Gasteiger partial charge in [0.2, 0.25) is 5.95 Å². The molecule has 5 heteroatoms. The van der Waals surface area contributed by atoms with Crippen LogP contribution in [0.2, 0.25) is 0 Å². The highest BCUT2D eigenvalue weighted by Gasteiger charge is 2.28. The molecule has 2 saturated carbocycles. The van der Waals surface area contributed by atoms with Crippen molar-refractivity contribution in [3.63, 3.8) is 0 Å². The Labute approximate surface area is 152 Å². The van der Waals surface area contributed by atoms with Crippen molar-refractivity contribution >= 4 is 38.6 Å². The number of nitrogens with zero attached hydrogens (tertiary/aromatic N) is 2. The molecule has 0 spiro atoms. The first kappa shape index (κ1) is 16.1. The molecule has 4 nitrogen and oxygen atoms in total. The molecule has 1 aromatic heterocycles. The van der Waals surface area contributed by atoms with Crippen molar-refractivity contribution in [1.29, 1.82) is 0 Å². The molecule has 2 aliphatic carbocycles. The number of aromatic nitrogens is 2. The van der Waals surface area contributed by atoms with Gasteiger partial charge in [0.15, 0.2) is 0 Å². The van der Waals surface area contributed by atoms with Crippen LogP contribution in [-0.4, -0.2) is 22.6 Å². The summed E-state index contributed by atoms with van der Waals surface area (Å²) in [5.41, 5.74) is 0.979. The molecule has 0 saturated heterocycles. The summed E-state index contributed by atoms with van der Waals surface area (Å²) in [6.07, 6.45) is 8.04. The van der Waals surface area contributed by atoms with E-state index in [2.05, 4.69) is 39.6 Å². The van der Waals surface area contributed by atoms with Crippen LogP contribution in [0.15, 0.2) is 22.7 Å². The molecule has 4 rings (SSSR count). The zero-order chi connectivity index (χ0) is 16.5. The Morgan fingerprint density at radius 1 is 1.17 bits per heavy atom. The van der Waals surface area contributed by atoms with Gasteiger partial charge in [-0.15, -0.1) is 0 Å². The molecule has 128 valence electrons. The molecule has 0 bridgehead atoms. The summed E-state index contributed by atoms with van der Waals surface area (Å²) < 4.78 is 1.02. The van der Waals surface area contributed by atoms with Crippen molar-refractivity contribution in [2.45, 2.75) is 51.5 Å². The van der Waals surface area contributed by atoms with Crippen LogP contribution in [0.1, 0.15) is 45.4 Å². The Hall–Kier alpha value is -1.36. The average Bonchev–Trinajstić information content (AvgIpc) is 3.31. The van der Waals surface area contributed by atoms with E-state index >= 15 is 0 Å². The fourth-order valence-corrected chi connectivity index (χ4v) is 4.14. The van der Waals surface area contributed by atoms with Gasteiger partial charge in [0.05, 0.1) is 5.52 Å². The first-order valence-electron chi connectivity index (χ1n) is 9.17. The molecule has 2 N–H and O–H groups in total. The highest BCUT2D eigenvalue weighted by atomic mass is 79.9. The average molecular weight is 389 g/mol. The lowest BCUT2D eigenvalue weighted by Crippen LogP contribution is -2.20. The van der Waals surface area contributed by atoms with Crippen molar-refractivity contribution in [3.05, 3.63) is 22.7 Å². The molecule has 2 aliphatic rings. The minimum absolute atomic E-state index is 0.463. The van der Waals surface area contributed by atoms with E-state index in [0.717, 1.165) is 45.5 Å². The molecule has 1 aromatic carbocycles. The topological polar surface area (TPSA) is 49.8 Å². The minimum Gasteiger partial charge on any atom is -0.367 e. The summed E-state index contributed by atoms with van der Waals surface area (Å²) in [5.74, 6) is 3.25. The maximum atomic E-state index is 4.80. The van der Waals surface area contributed by atoms with Gasteiger partial charge in [-0.05, 0) is 72.5 Å². The number of hydrogen-bond acceptors (Lipinski definition) is 4. The molecule has 1 atom stereocenters. The molecule has 0 amide bonds. The Bertz CT molecular complexity index is 723. The van der Waals surface area contributed by atoms with Crippen LogP contribution in [0.25, 0.3) is 10.9 Å². The highest BCUT2D eigenvalue weighted by molar-refractivity contribution is 9.10. The molecule has 2 fully saturated rings. The SMILES string of the molecule is C[C@@H](Nc1nc(NCC2CCCC2)nc2c(Br)cccc12)C1CC1. The van der Waals surface area contributed by atoms with Crippen LogP contribution in [0.3, 0.4) is 0 Å². The van der Waals surface area contributed by atoms with E-state index in [0.29, 0.717) is 6.04 Å². The Morgan fingerprint density at radius 3 is 2.71 bits per heavy atom. The number of fused-ring (bicyclic) bond motifs is 1. The number of para-hydroxylation sites is 1. The second-order valence-corrected chi connectivity index (χ2v) is 8.19. The normalized spacial score (nSPS) is 19.6. The zero-order valence-corrected chi connectivity index (χ0v) is 15.8. The molecular formula is C19H25BrN4. The molecule has 24 heavy (non-hydrogen) atoms. The molecular weight excluding hydrogens is 364 g/mol. The van der Waals surface area contributed by atoms with Gasteiger partial charge in [-0.1, -0.05) is 18.9 Å². The second-order valence-electron chi connectivity index (χ2n) is 7.33. The fraction of sp³-hybridized carbons (Fsp3) is 0.579. The van der Waals surface area contributed by atoms with E-state index in [1.165, 1.54) is 38.5 Å². The third kappa shape index (κ3) is 3.51. The summed E-state index contributed by atoms with van der Waals surface area (Å²) >= 11 is 3.64. The van der Waals surface area contributed by atoms with Gasteiger partial charge in [0.1, 0.15) is 5.82 Å². The number of halogens is 1. The van der Waals surface area contributed by atoms with Crippen molar-refractivity contribution in [3.8, 4) is 0 Å². The Kier molecular flexibility index (Phi) is 4.61. The zero-order valence-electron chi connectivity index (χ0n) is 14.2. The van der Waals surface area contributed by atoms with Gasteiger partial charge in [0, 0.05) is 22.4 Å². The molecule has 2 aromatic rings. The predicted molar refractivity (Wildman–Crippen MR) is 103 cm³/mol. The van der Waals surface area contributed by atoms with E-state index in [-0.39, 0.29) is 0 Å². The van der Waals surface area contributed by atoms with Crippen molar-refractivity contribution in [2.24, 2.45) is 11.8 Å². The molecule has 1 heterocycles. The van der Waals surface area contributed by atoms with Crippen molar-refractivity contribution in [1.82, 2.24) is 9.97 Å². The van der Waals surface area contributed by atoms with Crippen LogP contribution < -0.4 is 10.6 Å². The lowest BCUT2D eigenvalue weighted by Gasteiger charge is -2.17. The number of nitrogens with one attached hydrogen (secondary N) is 2.